The minimum atomic E-state index is 0.924. The second-order valence-corrected chi connectivity index (χ2v) is 9.79. The number of furan rings is 1. The van der Waals surface area contributed by atoms with E-state index in [2.05, 4.69) is 127 Å². The van der Waals surface area contributed by atoms with Crippen molar-refractivity contribution in [2.75, 3.05) is 0 Å². The highest BCUT2D eigenvalue weighted by atomic mass is 16.3. The molecule has 0 aliphatic heterocycles. The molecule has 1 aromatic heterocycles. The Hall–Kier alpha value is -4.88. The number of hydrogen-bond donors (Lipinski definition) is 0. The van der Waals surface area contributed by atoms with Crippen LogP contribution in [0.25, 0.3) is 76.5 Å². The Morgan fingerprint density at radius 1 is 0.378 bits per heavy atom. The summed E-state index contributed by atoms with van der Waals surface area (Å²) in [6.07, 6.45) is 0. The second-order valence-electron chi connectivity index (χ2n) is 9.79. The van der Waals surface area contributed by atoms with Gasteiger partial charge in [0.1, 0.15) is 11.2 Å². The summed E-state index contributed by atoms with van der Waals surface area (Å²) in [7, 11) is 0. The van der Waals surface area contributed by atoms with Crippen molar-refractivity contribution in [1.82, 2.24) is 0 Å². The summed E-state index contributed by atoms with van der Waals surface area (Å²) in [6.45, 7) is 0. The van der Waals surface area contributed by atoms with Gasteiger partial charge in [-0.2, -0.15) is 0 Å². The summed E-state index contributed by atoms with van der Waals surface area (Å²) in [4.78, 5) is 0. The highest BCUT2D eigenvalue weighted by Gasteiger charge is 2.16. The van der Waals surface area contributed by atoms with E-state index in [4.69, 9.17) is 4.42 Å². The van der Waals surface area contributed by atoms with Crippen LogP contribution in [0.5, 0.6) is 0 Å². The molecule has 0 aliphatic carbocycles. The minimum Gasteiger partial charge on any atom is -0.455 e. The average molecular weight is 471 g/mol. The average Bonchev–Trinajstić information content (AvgIpc) is 3.35. The van der Waals surface area contributed by atoms with Gasteiger partial charge in [-0.25, -0.2) is 0 Å². The molecule has 8 rings (SSSR count). The quantitative estimate of drug-likeness (QED) is 0.229. The van der Waals surface area contributed by atoms with Gasteiger partial charge in [0, 0.05) is 16.3 Å². The fourth-order valence-corrected chi connectivity index (χ4v) is 5.77. The summed E-state index contributed by atoms with van der Waals surface area (Å²) in [5.74, 6) is 0. The standard InChI is InChI=1S/C36H22O/c1-2-9-24-20-30-21-26(16-17-27(30)18-23(24)8-1)25-11-7-12-28(19-25)33-22-29-10-3-4-13-31(29)35-32-14-5-6-15-34(32)37-36(33)35/h1-22H. The molecule has 0 N–H and O–H groups in total. The largest absolute Gasteiger partial charge is 0.455 e. The molecule has 0 fully saturated rings. The maximum Gasteiger partial charge on any atom is 0.143 e. The molecule has 0 amide bonds. The number of hydrogen-bond acceptors (Lipinski definition) is 1. The molecule has 0 bridgehead atoms. The molecule has 0 saturated heterocycles. The molecule has 0 aliphatic rings. The Morgan fingerprint density at radius 3 is 1.89 bits per heavy atom. The smallest absolute Gasteiger partial charge is 0.143 e. The Kier molecular flexibility index (Phi) is 4.29. The molecular weight excluding hydrogens is 448 g/mol. The highest BCUT2D eigenvalue weighted by Crippen LogP contribution is 2.41. The topological polar surface area (TPSA) is 13.1 Å². The third-order valence-electron chi connectivity index (χ3n) is 7.58. The van der Waals surface area contributed by atoms with Crippen molar-refractivity contribution in [2.45, 2.75) is 0 Å². The maximum atomic E-state index is 6.49. The SMILES string of the molecule is c1cc(-c2ccc3cc4ccccc4cc3c2)cc(-c2cc3ccccc3c3c2oc2ccccc23)c1. The van der Waals surface area contributed by atoms with Crippen LogP contribution >= 0.6 is 0 Å². The molecule has 8 aromatic rings. The summed E-state index contributed by atoms with van der Waals surface area (Å²) < 4.78 is 6.49. The van der Waals surface area contributed by atoms with Gasteiger partial charge < -0.3 is 4.42 Å². The van der Waals surface area contributed by atoms with E-state index in [1.54, 1.807) is 0 Å². The first-order valence-corrected chi connectivity index (χ1v) is 12.7. The third kappa shape index (κ3) is 3.18. The van der Waals surface area contributed by atoms with E-state index in [0.29, 0.717) is 0 Å². The van der Waals surface area contributed by atoms with Crippen LogP contribution in [0.3, 0.4) is 0 Å². The van der Waals surface area contributed by atoms with E-state index in [9.17, 15) is 0 Å². The fourth-order valence-electron chi connectivity index (χ4n) is 5.77. The van der Waals surface area contributed by atoms with Gasteiger partial charge in [-0.15, -0.1) is 0 Å². The van der Waals surface area contributed by atoms with Crippen LogP contribution in [-0.2, 0) is 0 Å². The molecule has 0 atom stereocenters. The van der Waals surface area contributed by atoms with E-state index in [1.807, 2.05) is 6.07 Å². The van der Waals surface area contributed by atoms with Gasteiger partial charge in [-0.1, -0.05) is 97.1 Å². The molecule has 1 nitrogen and oxygen atoms in total. The second kappa shape index (κ2) is 7.81. The van der Waals surface area contributed by atoms with Gasteiger partial charge in [-0.05, 0) is 85.4 Å². The van der Waals surface area contributed by atoms with Gasteiger partial charge in [0.2, 0.25) is 0 Å². The van der Waals surface area contributed by atoms with E-state index < -0.39 is 0 Å². The predicted molar refractivity (Wildman–Crippen MR) is 157 cm³/mol. The molecule has 37 heavy (non-hydrogen) atoms. The Bertz CT molecular complexity index is 2140. The molecule has 0 unspecified atom stereocenters. The van der Waals surface area contributed by atoms with Gasteiger partial charge >= 0.3 is 0 Å². The fraction of sp³-hybridized carbons (Fsp3) is 0. The molecule has 172 valence electrons. The predicted octanol–water partition coefficient (Wildman–Crippen LogP) is 10.4. The highest BCUT2D eigenvalue weighted by molar-refractivity contribution is 6.22. The molecule has 1 heteroatoms. The summed E-state index contributed by atoms with van der Waals surface area (Å²) in [5.41, 5.74) is 6.57. The molecular formula is C36H22O. The lowest BCUT2D eigenvalue weighted by Crippen LogP contribution is -1.85. The number of benzene rings is 7. The van der Waals surface area contributed by atoms with E-state index in [-0.39, 0.29) is 0 Å². The van der Waals surface area contributed by atoms with Gasteiger partial charge in [0.05, 0.1) is 0 Å². The van der Waals surface area contributed by atoms with Crippen LogP contribution < -0.4 is 0 Å². The normalized spacial score (nSPS) is 11.8. The van der Waals surface area contributed by atoms with Crippen LogP contribution in [0, 0.1) is 0 Å². The minimum absolute atomic E-state index is 0.924. The first kappa shape index (κ1) is 20.3. The van der Waals surface area contributed by atoms with Crippen molar-refractivity contribution in [3.63, 3.8) is 0 Å². The van der Waals surface area contributed by atoms with Crippen molar-refractivity contribution >= 4 is 54.3 Å². The maximum absolute atomic E-state index is 6.49. The van der Waals surface area contributed by atoms with Crippen LogP contribution in [0.4, 0.5) is 0 Å². The van der Waals surface area contributed by atoms with Crippen molar-refractivity contribution in [3.8, 4) is 22.3 Å². The third-order valence-corrected chi connectivity index (χ3v) is 7.58. The molecule has 0 saturated carbocycles. The summed E-state index contributed by atoms with van der Waals surface area (Å²) in [6, 6.07) is 47.9. The van der Waals surface area contributed by atoms with Gasteiger partial charge in [-0.3, -0.25) is 0 Å². The van der Waals surface area contributed by atoms with E-state index in [1.165, 1.54) is 48.8 Å². The molecule has 1 heterocycles. The first-order chi connectivity index (χ1) is 18.3. The lowest BCUT2D eigenvalue weighted by molar-refractivity contribution is 0.670. The Labute approximate surface area is 214 Å². The van der Waals surface area contributed by atoms with Crippen LogP contribution in [0.15, 0.2) is 138 Å². The van der Waals surface area contributed by atoms with Crippen molar-refractivity contribution < 1.29 is 4.42 Å². The van der Waals surface area contributed by atoms with Crippen molar-refractivity contribution in [1.29, 1.82) is 0 Å². The van der Waals surface area contributed by atoms with Crippen LogP contribution in [0.1, 0.15) is 0 Å². The van der Waals surface area contributed by atoms with E-state index in [0.717, 1.165) is 27.7 Å². The Balaban J connectivity index is 1.34. The zero-order valence-corrected chi connectivity index (χ0v) is 20.1. The van der Waals surface area contributed by atoms with Gasteiger partial charge in [0.25, 0.3) is 0 Å². The monoisotopic (exact) mass is 470 g/mol. The molecule has 0 radical (unpaired) electrons. The van der Waals surface area contributed by atoms with Crippen molar-refractivity contribution in [2.24, 2.45) is 0 Å². The lowest BCUT2D eigenvalue weighted by atomic mass is 9.93. The molecule has 0 spiro atoms. The van der Waals surface area contributed by atoms with E-state index >= 15 is 0 Å². The number of rotatable bonds is 2. The van der Waals surface area contributed by atoms with Crippen LogP contribution in [-0.4, -0.2) is 0 Å². The zero-order chi connectivity index (χ0) is 24.3. The summed E-state index contributed by atoms with van der Waals surface area (Å²) >= 11 is 0. The Morgan fingerprint density at radius 2 is 1.03 bits per heavy atom. The molecule has 7 aromatic carbocycles. The number of para-hydroxylation sites is 1. The lowest BCUT2D eigenvalue weighted by Gasteiger charge is -2.10. The zero-order valence-electron chi connectivity index (χ0n) is 20.1. The summed E-state index contributed by atoms with van der Waals surface area (Å²) in [5, 5.41) is 9.85. The van der Waals surface area contributed by atoms with Gasteiger partial charge in [0.15, 0.2) is 0 Å². The number of fused-ring (bicyclic) bond motifs is 7. The first-order valence-electron chi connectivity index (χ1n) is 12.7. The van der Waals surface area contributed by atoms with Crippen molar-refractivity contribution in [3.05, 3.63) is 133 Å². The van der Waals surface area contributed by atoms with Crippen LogP contribution in [0.2, 0.25) is 0 Å².